The second-order valence-corrected chi connectivity index (χ2v) is 7.50. The van der Waals surface area contributed by atoms with Crippen molar-refractivity contribution in [2.45, 2.75) is 19.4 Å². The highest BCUT2D eigenvalue weighted by Crippen LogP contribution is 2.26. The maximum Gasteiger partial charge on any atom is 0.222 e. The molecule has 2 amide bonds. The number of benzene rings is 1. The van der Waals surface area contributed by atoms with E-state index in [9.17, 15) is 9.59 Å². The van der Waals surface area contributed by atoms with Crippen molar-refractivity contribution >= 4 is 23.2 Å². The zero-order valence-corrected chi connectivity index (χ0v) is 15.9. The number of thiophene rings is 1. The van der Waals surface area contributed by atoms with Crippen LogP contribution in [0.5, 0.6) is 0 Å². The molecular formula is C20H25N3O2S. The largest absolute Gasteiger partial charge is 0.344 e. The van der Waals surface area contributed by atoms with Crippen LogP contribution in [-0.4, -0.2) is 54.3 Å². The van der Waals surface area contributed by atoms with Crippen LogP contribution < -0.4 is 5.32 Å². The average molecular weight is 372 g/mol. The smallest absolute Gasteiger partial charge is 0.222 e. The van der Waals surface area contributed by atoms with Crippen molar-refractivity contribution in [3.63, 3.8) is 0 Å². The number of carbonyl (C=O) groups is 2. The van der Waals surface area contributed by atoms with Gasteiger partial charge in [0.05, 0.1) is 6.04 Å². The van der Waals surface area contributed by atoms with Crippen molar-refractivity contribution in [1.29, 1.82) is 0 Å². The van der Waals surface area contributed by atoms with Crippen molar-refractivity contribution in [1.82, 2.24) is 15.1 Å². The minimum Gasteiger partial charge on any atom is -0.344 e. The summed E-state index contributed by atoms with van der Waals surface area (Å²) in [6, 6.07) is 14.0. The van der Waals surface area contributed by atoms with Crippen LogP contribution in [0.25, 0.3) is 0 Å². The Morgan fingerprint density at radius 3 is 2.42 bits per heavy atom. The SMILES string of the molecule is CC(=O)N1CCN(CCC(=O)N[C@@H](c2ccccc2)c2cccs2)CC1. The molecule has 1 aliphatic heterocycles. The molecule has 6 heteroatoms. The third-order valence-corrected chi connectivity index (χ3v) is 5.68. The normalized spacial score (nSPS) is 16.3. The van der Waals surface area contributed by atoms with E-state index in [-0.39, 0.29) is 17.9 Å². The number of piperazine rings is 1. The molecular weight excluding hydrogens is 346 g/mol. The van der Waals surface area contributed by atoms with Crippen LogP contribution in [0.1, 0.15) is 29.8 Å². The first kappa shape index (κ1) is 18.6. The second kappa shape index (κ2) is 8.96. The van der Waals surface area contributed by atoms with Gasteiger partial charge in [-0.1, -0.05) is 36.4 Å². The summed E-state index contributed by atoms with van der Waals surface area (Å²) < 4.78 is 0. The summed E-state index contributed by atoms with van der Waals surface area (Å²) >= 11 is 1.65. The van der Waals surface area contributed by atoms with E-state index in [1.165, 1.54) is 0 Å². The molecule has 0 bridgehead atoms. The van der Waals surface area contributed by atoms with Gasteiger partial charge < -0.3 is 10.2 Å². The Hall–Kier alpha value is -2.18. The summed E-state index contributed by atoms with van der Waals surface area (Å²) in [7, 11) is 0. The average Bonchev–Trinajstić information content (AvgIpc) is 3.20. The van der Waals surface area contributed by atoms with Gasteiger partial charge in [0.1, 0.15) is 0 Å². The van der Waals surface area contributed by atoms with E-state index in [0.717, 1.165) is 43.2 Å². The Balaban J connectivity index is 1.53. The molecule has 1 aliphatic rings. The number of rotatable bonds is 6. The predicted octanol–water partition coefficient (Wildman–Crippen LogP) is 2.51. The van der Waals surface area contributed by atoms with Crippen LogP contribution in [0, 0.1) is 0 Å². The van der Waals surface area contributed by atoms with Gasteiger partial charge in [-0.05, 0) is 17.0 Å². The number of hydrogen-bond acceptors (Lipinski definition) is 4. The predicted molar refractivity (Wildman–Crippen MR) is 104 cm³/mol. The lowest BCUT2D eigenvalue weighted by atomic mass is 10.1. The lowest BCUT2D eigenvalue weighted by Crippen LogP contribution is -2.48. The van der Waals surface area contributed by atoms with Crippen LogP contribution in [0.15, 0.2) is 47.8 Å². The fourth-order valence-electron chi connectivity index (χ4n) is 3.20. The van der Waals surface area contributed by atoms with E-state index in [0.29, 0.717) is 6.42 Å². The van der Waals surface area contributed by atoms with Gasteiger partial charge in [-0.3, -0.25) is 14.5 Å². The molecule has 2 heterocycles. The third-order valence-electron chi connectivity index (χ3n) is 4.74. The molecule has 0 radical (unpaired) electrons. The molecule has 1 fully saturated rings. The summed E-state index contributed by atoms with van der Waals surface area (Å²) in [4.78, 5) is 29.2. The second-order valence-electron chi connectivity index (χ2n) is 6.52. The highest BCUT2D eigenvalue weighted by atomic mass is 32.1. The number of nitrogens with one attached hydrogen (secondary N) is 1. The van der Waals surface area contributed by atoms with Gasteiger partial charge in [0.25, 0.3) is 0 Å². The number of hydrogen-bond donors (Lipinski definition) is 1. The van der Waals surface area contributed by atoms with E-state index in [1.807, 2.05) is 46.7 Å². The van der Waals surface area contributed by atoms with Gasteiger partial charge in [0.15, 0.2) is 0 Å². The van der Waals surface area contributed by atoms with Crippen molar-refractivity contribution < 1.29 is 9.59 Å². The molecule has 1 atom stereocenters. The lowest BCUT2D eigenvalue weighted by molar-refractivity contribution is -0.131. The van der Waals surface area contributed by atoms with E-state index in [4.69, 9.17) is 0 Å². The van der Waals surface area contributed by atoms with Gasteiger partial charge in [0, 0.05) is 50.9 Å². The summed E-state index contributed by atoms with van der Waals surface area (Å²) in [5.74, 6) is 0.185. The molecule has 3 rings (SSSR count). The maximum atomic E-state index is 12.5. The van der Waals surface area contributed by atoms with Gasteiger partial charge >= 0.3 is 0 Å². The zero-order valence-electron chi connectivity index (χ0n) is 15.1. The summed E-state index contributed by atoms with van der Waals surface area (Å²) in [6.45, 7) is 5.50. The van der Waals surface area contributed by atoms with Crippen LogP contribution in [0.2, 0.25) is 0 Å². The lowest BCUT2D eigenvalue weighted by Gasteiger charge is -2.34. The standard InChI is InChI=1S/C20H25N3O2S/c1-16(24)23-13-11-22(12-14-23)10-9-19(25)21-20(18-8-5-15-26-18)17-6-3-2-4-7-17/h2-8,15,20H,9-14H2,1H3,(H,21,25)/t20-/m0/s1. The first-order valence-corrected chi connectivity index (χ1v) is 9.87. The molecule has 0 spiro atoms. The van der Waals surface area contributed by atoms with Crippen molar-refractivity contribution in [2.24, 2.45) is 0 Å². The first-order chi connectivity index (χ1) is 12.6. The molecule has 2 aromatic rings. The number of nitrogens with zero attached hydrogens (tertiary/aromatic N) is 2. The Labute approximate surface area is 158 Å². The number of carbonyl (C=O) groups excluding carboxylic acids is 2. The monoisotopic (exact) mass is 371 g/mol. The van der Waals surface area contributed by atoms with Gasteiger partial charge in [-0.2, -0.15) is 0 Å². The molecule has 1 aromatic carbocycles. The molecule has 5 nitrogen and oxygen atoms in total. The molecule has 1 aromatic heterocycles. The Kier molecular flexibility index (Phi) is 6.41. The summed E-state index contributed by atoms with van der Waals surface area (Å²) in [5.41, 5.74) is 1.10. The summed E-state index contributed by atoms with van der Waals surface area (Å²) in [6.07, 6.45) is 0.467. The van der Waals surface area contributed by atoms with E-state index < -0.39 is 0 Å². The van der Waals surface area contributed by atoms with Crippen LogP contribution in [0.3, 0.4) is 0 Å². The van der Waals surface area contributed by atoms with Crippen LogP contribution in [-0.2, 0) is 9.59 Å². The molecule has 0 unspecified atom stereocenters. The topological polar surface area (TPSA) is 52.7 Å². The van der Waals surface area contributed by atoms with Crippen molar-refractivity contribution in [3.05, 3.63) is 58.3 Å². The molecule has 1 saturated heterocycles. The highest BCUT2D eigenvalue weighted by molar-refractivity contribution is 7.10. The summed E-state index contributed by atoms with van der Waals surface area (Å²) in [5, 5.41) is 5.22. The minimum absolute atomic E-state index is 0.0567. The van der Waals surface area contributed by atoms with E-state index in [1.54, 1.807) is 18.3 Å². The Bertz CT molecular complexity index is 710. The van der Waals surface area contributed by atoms with Gasteiger partial charge in [-0.25, -0.2) is 0 Å². The third kappa shape index (κ3) is 4.93. The highest BCUT2D eigenvalue weighted by Gasteiger charge is 2.21. The van der Waals surface area contributed by atoms with E-state index >= 15 is 0 Å². The first-order valence-electron chi connectivity index (χ1n) is 8.99. The zero-order chi connectivity index (χ0) is 18.4. The molecule has 26 heavy (non-hydrogen) atoms. The minimum atomic E-state index is -0.0988. The number of amides is 2. The van der Waals surface area contributed by atoms with Crippen molar-refractivity contribution in [2.75, 3.05) is 32.7 Å². The van der Waals surface area contributed by atoms with E-state index in [2.05, 4.69) is 16.3 Å². The molecule has 1 N–H and O–H groups in total. The van der Waals surface area contributed by atoms with Crippen LogP contribution in [0.4, 0.5) is 0 Å². The van der Waals surface area contributed by atoms with Crippen molar-refractivity contribution in [3.8, 4) is 0 Å². The van der Waals surface area contributed by atoms with Gasteiger partial charge in [-0.15, -0.1) is 11.3 Å². The molecule has 138 valence electrons. The Morgan fingerprint density at radius 1 is 1.08 bits per heavy atom. The fourth-order valence-corrected chi connectivity index (χ4v) is 4.00. The quantitative estimate of drug-likeness (QED) is 0.849. The Morgan fingerprint density at radius 2 is 1.81 bits per heavy atom. The van der Waals surface area contributed by atoms with Crippen LogP contribution >= 0.6 is 11.3 Å². The molecule has 0 aliphatic carbocycles. The van der Waals surface area contributed by atoms with Gasteiger partial charge in [0.2, 0.25) is 11.8 Å². The fraction of sp³-hybridized carbons (Fsp3) is 0.400. The maximum absolute atomic E-state index is 12.5. The molecule has 0 saturated carbocycles.